The molecule has 24 heavy (non-hydrogen) atoms. The van der Waals surface area contributed by atoms with Crippen LogP contribution in [0.2, 0.25) is 5.02 Å². The smallest absolute Gasteiger partial charge is 0.135 e. The van der Waals surface area contributed by atoms with E-state index in [0.717, 1.165) is 63.0 Å². The number of rotatable bonds is 6. The second-order valence-corrected chi connectivity index (χ2v) is 5.78. The second kappa shape index (κ2) is 11.0. The largest absolute Gasteiger partial charge is 1.00 e. The van der Waals surface area contributed by atoms with Crippen molar-refractivity contribution in [3.05, 3.63) is 47.2 Å². The number of hydrogen-bond acceptors (Lipinski definition) is 4. The van der Waals surface area contributed by atoms with E-state index >= 15 is 0 Å². The van der Waals surface area contributed by atoms with Gasteiger partial charge in [-0.05, 0) is 24.3 Å². The van der Waals surface area contributed by atoms with Gasteiger partial charge in [0.15, 0.2) is 0 Å². The Hall–Kier alpha value is -0.750. The van der Waals surface area contributed by atoms with E-state index in [0.29, 0.717) is 5.02 Å². The average Bonchev–Trinajstić information content (AvgIpc) is 3.02. The third-order valence-corrected chi connectivity index (χ3v) is 4.14. The minimum absolute atomic E-state index is 0. The van der Waals surface area contributed by atoms with Gasteiger partial charge >= 0.3 is 0 Å². The lowest BCUT2D eigenvalue weighted by Gasteiger charge is -2.26. The standard InChI is InChI=1S/C17H21ClN2O2.2ClH/c18-16-4-2-1-3-15(16)17-6-5-14(22-17)13-19-7-8-20-9-11-21-12-10-20;;/h1-6,19H,7-13H2;2*1H/p-2. The van der Waals surface area contributed by atoms with Crippen LogP contribution in [-0.2, 0) is 11.3 Å². The molecule has 1 aromatic heterocycles. The molecule has 2 heterocycles. The molecule has 1 fully saturated rings. The number of ether oxygens (including phenoxy) is 1. The molecule has 7 heteroatoms. The molecule has 0 amide bonds. The zero-order valence-electron chi connectivity index (χ0n) is 13.3. The Kier molecular flexibility index (Phi) is 9.74. The molecule has 0 radical (unpaired) electrons. The van der Waals surface area contributed by atoms with Crippen molar-refractivity contribution in [3.8, 4) is 11.3 Å². The molecular weight excluding hydrogens is 371 g/mol. The van der Waals surface area contributed by atoms with Gasteiger partial charge < -0.3 is 39.3 Å². The van der Waals surface area contributed by atoms with Gasteiger partial charge in [-0.3, -0.25) is 4.90 Å². The first kappa shape index (κ1) is 21.3. The predicted octanol–water partition coefficient (Wildman–Crippen LogP) is -2.97. The van der Waals surface area contributed by atoms with E-state index in [2.05, 4.69) is 10.2 Å². The van der Waals surface area contributed by atoms with Crippen LogP contribution in [0.25, 0.3) is 11.3 Å². The van der Waals surface area contributed by atoms with E-state index in [-0.39, 0.29) is 24.8 Å². The highest BCUT2D eigenvalue weighted by atomic mass is 35.5. The Bertz CT molecular complexity index is 601. The van der Waals surface area contributed by atoms with Crippen molar-refractivity contribution in [1.82, 2.24) is 10.2 Å². The van der Waals surface area contributed by atoms with Gasteiger partial charge in [0.05, 0.1) is 24.8 Å². The molecule has 2 aromatic rings. The van der Waals surface area contributed by atoms with E-state index in [4.69, 9.17) is 20.8 Å². The fourth-order valence-electron chi connectivity index (χ4n) is 2.55. The maximum atomic E-state index is 6.19. The highest BCUT2D eigenvalue weighted by Crippen LogP contribution is 2.28. The maximum Gasteiger partial charge on any atom is 0.135 e. The van der Waals surface area contributed by atoms with Gasteiger partial charge in [-0.15, -0.1) is 0 Å². The molecule has 0 unspecified atom stereocenters. The normalized spacial score (nSPS) is 14.7. The number of morpholine rings is 1. The molecule has 4 nitrogen and oxygen atoms in total. The molecule has 1 aliphatic rings. The van der Waals surface area contributed by atoms with Crippen molar-refractivity contribution < 1.29 is 34.0 Å². The number of furan rings is 1. The monoisotopic (exact) mass is 390 g/mol. The van der Waals surface area contributed by atoms with Crippen LogP contribution in [0.5, 0.6) is 0 Å². The lowest BCUT2D eigenvalue weighted by Crippen LogP contribution is -3.00. The maximum absolute atomic E-state index is 6.19. The van der Waals surface area contributed by atoms with Gasteiger partial charge in [0.25, 0.3) is 0 Å². The van der Waals surface area contributed by atoms with Crippen LogP contribution >= 0.6 is 11.6 Å². The van der Waals surface area contributed by atoms with E-state index < -0.39 is 0 Å². The summed E-state index contributed by atoms with van der Waals surface area (Å²) in [5.41, 5.74) is 0.934. The SMILES string of the molecule is Clc1ccccc1-c1ccc(CNCCN2CCOCC2)o1.[Cl-].[Cl-]. The fourth-order valence-corrected chi connectivity index (χ4v) is 2.78. The highest BCUT2D eigenvalue weighted by Gasteiger charge is 2.10. The number of nitrogens with zero attached hydrogens (tertiary/aromatic N) is 1. The van der Waals surface area contributed by atoms with Crippen LogP contribution in [0.3, 0.4) is 0 Å². The van der Waals surface area contributed by atoms with Crippen LogP contribution in [0.1, 0.15) is 5.76 Å². The summed E-state index contributed by atoms with van der Waals surface area (Å²) in [6, 6.07) is 11.7. The molecule has 3 rings (SSSR count). The molecule has 0 spiro atoms. The van der Waals surface area contributed by atoms with Crippen LogP contribution in [0.15, 0.2) is 40.8 Å². The Morgan fingerprint density at radius 1 is 1.04 bits per heavy atom. The number of benzene rings is 1. The molecule has 0 atom stereocenters. The molecule has 1 aliphatic heterocycles. The molecule has 0 bridgehead atoms. The third kappa shape index (κ3) is 5.96. The molecule has 0 saturated carbocycles. The molecule has 1 N–H and O–H groups in total. The molecule has 0 aliphatic carbocycles. The van der Waals surface area contributed by atoms with Gasteiger partial charge in [0, 0.05) is 31.7 Å². The van der Waals surface area contributed by atoms with Crippen LogP contribution in [-0.4, -0.2) is 44.3 Å². The Morgan fingerprint density at radius 2 is 1.79 bits per heavy atom. The van der Waals surface area contributed by atoms with E-state index in [1.165, 1.54) is 0 Å². The fraction of sp³-hybridized carbons (Fsp3) is 0.412. The zero-order chi connectivity index (χ0) is 15.2. The predicted molar refractivity (Wildman–Crippen MR) is 88.1 cm³/mol. The van der Waals surface area contributed by atoms with Gasteiger partial charge in [-0.1, -0.05) is 23.7 Å². The lowest BCUT2D eigenvalue weighted by atomic mass is 10.2. The third-order valence-electron chi connectivity index (χ3n) is 3.81. The second-order valence-electron chi connectivity index (χ2n) is 5.38. The quantitative estimate of drug-likeness (QED) is 0.534. The van der Waals surface area contributed by atoms with Crippen LogP contribution in [0, 0.1) is 0 Å². The van der Waals surface area contributed by atoms with Crippen molar-refractivity contribution >= 4 is 11.6 Å². The van der Waals surface area contributed by atoms with Gasteiger partial charge in [-0.25, -0.2) is 0 Å². The van der Waals surface area contributed by atoms with Gasteiger partial charge in [0.1, 0.15) is 11.5 Å². The van der Waals surface area contributed by atoms with Gasteiger partial charge in [0.2, 0.25) is 0 Å². The highest BCUT2D eigenvalue weighted by molar-refractivity contribution is 6.33. The molecule has 134 valence electrons. The zero-order valence-corrected chi connectivity index (χ0v) is 15.6. The van der Waals surface area contributed by atoms with Crippen molar-refractivity contribution in [2.45, 2.75) is 6.54 Å². The van der Waals surface area contributed by atoms with E-state index in [1.54, 1.807) is 0 Å². The first-order valence-corrected chi connectivity index (χ1v) is 8.05. The first-order valence-electron chi connectivity index (χ1n) is 7.67. The summed E-state index contributed by atoms with van der Waals surface area (Å²) in [7, 11) is 0. The summed E-state index contributed by atoms with van der Waals surface area (Å²) < 4.78 is 11.2. The summed E-state index contributed by atoms with van der Waals surface area (Å²) in [6.07, 6.45) is 0. The summed E-state index contributed by atoms with van der Waals surface area (Å²) in [5.74, 6) is 1.74. The number of hydrogen-bond donors (Lipinski definition) is 1. The van der Waals surface area contributed by atoms with Crippen molar-refractivity contribution in [2.24, 2.45) is 0 Å². The summed E-state index contributed by atoms with van der Waals surface area (Å²) >= 11 is 6.19. The average molecular weight is 392 g/mol. The van der Waals surface area contributed by atoms with Gasteiger partial charge in [-0.2, -0.15) is 0 Å². The number of halogens is 3. The Morgan fingerprint density at radius 3 is 2.54 bits per heavy atom. The van der Waals surface area contributed by atoms with Crippen molar-refractivity contribution in [2.75, 3.05) is 39.4 Å². The Balaban J connectivity index is 0.00000144. The summed E-state index contributed by atoms with van der Waals surface area (Å²) in [6.45, 7) is 6.47. The number of nitrogens with one attached hydrogen (secondary N) is 1. The first-order chi connectivity index (χ1) is 10.8. The van der Waals surface area contributed by atoms with E-state index in [1.807, 2.05) is 36.4 Å². The summed E-state index contributed by atoms with van der Waals surface area (Å²) in [5, 5.41) is 4.13. The van der Waals surface area contributed by atoms with Crippen LogP contribution < -0.4 is 30.1 Å². The van der Waals surface area contributed by atoms with Crippen LogP contribution in [0.4, 0.5) is 0 Å². The van der Waals surface area contributed by atoms with Crippen molar-refractivity contribution in [1.29, 1.82) is 0 Å². The minimum atomic E-state index is 0. The lowest BCUT2D eigenvalue weighted by molar-refractivity contribution is -0.00100. The molecule has 1 saturated heterocycles. The van der Waals surface area contributed by atoms with Crippen molar-refractivity contribution in [3.63, 3.8) is 0 Å². The minimum Gasteiger partial charge on any atom is -1.00 e. The summed E-state index contributed by atoms with van der Waals surface area (Å²) in [4.78, 5) is 2.41. The van der Waals surface area contributed by atoms with E-state index in [9.17, 15) is 0 Å². The molecular formula is C17H21Cl3N2O2-2. The molecule has 1 aromatic carbocycles. The Labute approximate surface area is 160 Å². The topological polar surface area (TPSA) is 37.6 Å².